The molecule has 1 amide bonds. The van der Waals surface area contributed by atoms with E-state index in [0.717, 1.165) is 0 Å². The summed E-state index contributed by atoms with van der Waals surface area (Å²) in [6.45, 7) is 0. The molecule has 0 heterocycles. The number of nitrogens with one attached hydrogen (secondary N) is 2. The van der Waals surface area contributed by atoms with E-state index in [4.69, 9.17) is 4.74 Å². The Balaban J connectivity index is 1.75. The molecule has 154 valence electrons. The van der Waals surface area contributed by atoms with Gasteiger partial charge in [-0.25, -0.2) is 12.8 Å². The van der Waals surface area contributed by atoms with Gasteiger partial charge in [-0.15, -0.1) is 0 Å². The molecular weight excluding hydrogens is 407 g/mol. The smallest absolute Gasteiger partial charge is 0.262 e. The quantitative estimate of drug-likeness (QED) is 0.552. The van der Waals surface area contributed by atoms with Gasteiger partial charge >= 0.3 is 0 Å². The molecule has 0 aliphatic heterocycles. The number of hydrogen-bond donors (Lipinski definition) is 2. The first-order valence-corrected chi connectivity index (χ1v) is 10.4. The number of carbonyl (C=O) groups is 1. The number of amides is 1. The lowest BCUT2D eigenvalue weighted by atomic mass is 10.2. The lowest BCUT2D eigenvalue weighted by molar-refractivity contribution is -0.111. The number of sulfonamides is 1. The summed E-state index contributed by atoms with van der Waals surface area (Å²) in [4.78, 5) is 12.1. The van der Waals surface area contributed by atoms with Gasteiger partial charge in [0.15, 0.2) is 0 Å². The summed E-state index contributed by atoms with van der Waals surface area (Å²) in [5.74, 6) is -0.591. The summed E-state index contributed by atoms with van der Waals surface area (Å²) >= 11 is 0. The minimum atomic E-state index is -3.91. The molecule has 0 saturated carbocycles. The third-order valence-electron chi connectivity index (χ3n) is 4.08. The van der Waals surface area contributed by atoms with Crippen LogP contribution in [0.1, 0.15) is 5.56 Å². The number of anilines is 2. The molecule has 0 unspecified atom stereocenters. The predicted molar refractivity (Wildman–Crippen MR) is 114 cm³/mol. The molecule has 3 rings (SSSR count). The molecule has 3 aromatic carbocycles. The van der Waals surface area contributed by atoms with Crippen molar-refractivity contribution in [2.45, 2.75) is 4.90 Å². The van der Waals surface area contributed by atoms with Gasteiger partial charge in [-0.1, -0.05) is 36.4 Å². The molecule has 0 aromatic heterocycles. The molecule has 0 aliphatic carbocycles. The zero-order chi connectivity index (χ0) is 21.6. The fourth-order valence-corrected chi connectivity index (χ4v) is 3.75. The van der Waals surface area contributed by atoms with Gasteiger partial charge in [0.25, 0.3) is 10.0 Å². The third kappa shape index (κ3) is 5.24. The second-order valence-corrected chi connectivity index (χ2v) is 7.86. The van der Waals surface area contributed by atoms with Crippen LogP contribution in [0.25, 0.3) is 6.08 Å². The van der Waals surface area contributed by atoms with Crippen LogP contribution in [0.3, 0.4) is 0 Å². The van der Waals surface area contributed by atoms with Crippen molar-refractivity contribution in [2.75, 3.05) is 17.1 Å². The number of rotatable bonds is 7. The van der Waals surface area contributed by atoms with E-state index in [1.54, 1.807) is 42.5 Å². The molecule has 0 spiro atoms. The highest BCUT2D eigenvalue weighted by Crippen LogP contribution is 2.26. The Kier molecular flexibility index (Phi) is 6.48. The Hall–Kier alpha value is -3.65. The van der Waals surface area contributed by atoms with E-state index in [1.165, 1.54) is 49.6 Å². The SMILES string of the molecule is COc1ccccc1NS(=O)(=O)c1cccc(NC(=O)/C=C/c2ccccc2F)c1. The standard InChI is InChI=1S/C22H19FN2O4S/c1-29-21-12-5-4-11-20(21)25-30(27,28)18-9-6-8-17(15-18)24-22(26)14-13-16-7-2-3-10-19(16)23/h2-15,25H,1H3,(H,24,26)/b14-13+. The van der Waals surface area contributed by atoms with Crippen LogP contribution >= 0.6 is 0 Å². The number of benzene rings is 3. The number of para-hydroxylation sites is 2. The van der Waals surface area contributed by atoms with Crippen LogP contribution in [0.4, 0.5) is 15.8 Å². The molecule has 3 aromatic rings. The number of carbonyl (C=O) groups excluding carboxylic acids is 1. The summed E-state index contributed by atoms with van der Waals surface area (Å²) in [5, 5.41) is 2.57. The van der Waals surface area contributed by atoms with Crippen molar-refractivity contribution in [3.8, 4) is 5.75 Å². The van der Waals surface area contributed by atoms with Crippen LogP contribution in [-0.2, 0) is 14.8 Å². The minimum absolute atomic E-state index is 0.0377. The van der Waals surface area contributed by atoms with Crippen LogP contribution in [0.5, 0.6) is 5.75 Å². The Morgan fingerprint density at radius 1 is 1.00 bits per heavy atom. The van der Waals surface area contributed by atoms with Gasteiger partial charge in [0, 0.05) is 17.3 Å². The van der Waals surface area contributed by atoms with E-state index < -0.39 is 21.7 Å². The molecular formula is C22H19FN2O4S. The molecule has 0 saturated heterocycles. The average Bonchev–Trinajstić information content (AvgIpc) is 2.73. The highest BCUT2D eigenvalue weighted by molar-refractivity contribution is 7.92. The lowest BCUT2D eigenvalue weighted by Crippen LogP contribution is -2.14. The zero-order valence-electron chi connectivity index (χ0n) is 16.0. The van der Waals surface area contributed by atoms with Gasteiger partial charge in [-0.3, -0.25) is 9.52 Å². The van der Waals surface area contributed by atoms with Crippen LogP contribution in [-0.4, -0.2) is 21.4 Å². The van der Waals surface area contributed by atoms with Crippen LogP contribution in [0, 0.1) is 5.82 Å². The molecule has 0 aliphatic rings. The minimum Gasteiger partial charge on any atom is -0.495 e. The molecule has 0 atom stereocenters. The van der Waals surface area contributed by atoms with Crippen LogP contribution in [0.15, 0.2) is 83.8 Å². The van der Waals surface area contributed by atoms with Crippen molar-refractivity contribution in [2.24, 2.45) is 0 Å². The van der Waals surface area contributed by atoms with Crippen LogP contribution in [0.2, 0.25) is 0 Å². The molecule has 30 heavy (non-hydrogen) atoms. The van der Waals surface area contributed by atoms with Gasteiger partial charge < -0.3 is 10.1 Å². The van der Waals surface area contributed by atoms with E-state index in [9.17, 15) is 17.6 Å². The van der Waals surface area contributed by atoms with Crippen molar-refractivity contribution in [3.63, 3.8) is 0 Å². The first-order valence-electron chi connectivity index (χ1n) is 8.88. The fourth-order valence-electron chi connectivity index (χ4n) is 2.63. The summed E-state index contributed by atoms with van der Waals surface area (Å²) in [6, 6.07) is 18.4. The van der Waals surface area contributed by atoms with Crippen molar-refractivity contribution in [1.29, 1.82) is 0 Å². The predicted octanol–water partition coefficient (Wildman–Crippen LogP) is 4.29. The van der Waals surface area contributed by atoms with Crippen LogP contribution < -0.4 is 14.8 Å². The van der Waals surface area contributed by atoms with Gasteiger partial charge in [0.1, 0.15) is 11.6 Å². The van der Waals surface area contributed by atoms with Crippen molar-refractivity contribution >= 4 is 33.4 Å². The lowest BCUT2D eigenvalue weighted by Gasteiger charge is -2.12. The maximum absolute atomic E-state index is 13.6. The topological polar surface area (TPSA) is 84.5 Å². The molecule has 0 bridgehead atoms. The molecule has 2 N–H and O–H groups in total. The van der Waals surface area contributed by atoms with Gasteiger partial charge in [-0.2, -0.15) is 0 Å². The summed E-state index contributed by atoms with van der Waals surface area (Å²) in [6.07, 6.45) is 2.52. The Morgan fingerprint density at radius 2 is 1.73 bits per heavy atom. The van der Waals surface area contributed by atoms with E-state index in [-0.39, 0.29) is 16.1 Å². The number of methoxy groups -OCH3 is 1. The van der Waals surface area contributed by atoms with Crippen molar-refractivity contribution in [1.82, 2.24) is 0 Å². The highest BCUT2D eigenvalue weighted by atomic mass is 32.2. The van der Waals surface area contributed by atoms with Gasteiger partial charge in [-0.05, 0) is 42.5 Å². The Morgan fingerprint density at radius 3 is 2.50 bits per heavy atom. The van der Waals surface area contributed by atoms with Crippen molar-refractivity contribution in [3.05, 3.63) is 90.3 Å². The Labute approximate surface area is 174 Å². The maximum atomic E-state index is 13.6. The Bertz CT molecular complexity index is 1190. The first-order chi connectivity index (χ1) is 14.4. The van der Waals surface area contributed by atoms with E-state index in [0.29, 0.717) is 11.4 Å². The third-order valence-corrected chi connectivity index (χ3v) is 5.45. The van der Waals surface area contributed by atoms with Gasteiger partial charge in [0.2, 0.25) is 5.91 Å². The maximum Gasteiger partial charge on any atom is 0.262 e. The second-order valence-electron chi connectivity index (χ2n) is 6.18. The first kappa shape index (κ1) is 21.1. The number of halogens is 1. The highest BCUT2D eigenvalue weighted by Gasteiger charge is 2.17. The summed E-state index contributed by atoms with van der Waals surface area (Å²) in [5.41, 5.74) is 0.841. The number of hydrogen-bond acceptors (Lipinski definition) is 4. The van der Waals surface area contributed by atoms with Crippen molar-refractivity contribution < 1.29 is 22.3 Å². The van der Waals surface area contributed by atoms with E-state index in [1.807, 2.05) is 0 Å². The fraction of sp³-hybridized carbons (Fsp3) is 0.0455. The molecule has 6 nitrogen and oxygen atoms in total. The van der Waals surface area contributed by atoms with E-state index in [2.05, 4.69) is 10.0 Å². The van der Waals surface area contributed by atoms with Gasteiger partial charge in [0.05, 0.1) is 17.7 Å². The summed E-state index contributed by atoms with van der Waals surface area (Å²) < 4.78 is 46.7. The van der Waals surface area contributed by atoms with E-state index >= 15 is 0 Å². The normalized spacial score (nSPS) is 11.3. The zero-order valence-corrected chi connectivity index (χ0v) is 16.8. The average molecular weight is 426 g/mol. The summed E-state index contributed by atoms with van der Waals surface area (Å²) in [7, 11) is -2.47. The molecule has 0 fully saturated rings. The largest absolute Gasteiger partial charge is 0.495 e. The monoisotopic (exact) mass is 426 g/mol. The number of ether oxygens (including phenoxy) is 1. The molecule has 0 radical (unpaired) electrons. The molecule has 8 heteroatoms. The second kappa shape index (κ2) is 9.23.